The third kappa shape index (κ3) is 3.68. The van der Waals surface area contributed by atoms with Gasteiger partial charge in [0.2, 0.25) is 0 Å². The highest BCUT2D eigenvalue weighted by molar-refractivity contribution is 7.93. The van der Waals surface area contributed by atoms with Crippen LogP contribution >= 0.6 is 0 Å². The van der Waals surface area contributed by atoms with Gasteiger partial charge in [0.1, 0.15) is 0 Å². The van der Waals surface area contributed by atoms with E-state index >= 15 is 0 Å². The Kier molecular flexibility index (Phi) is 4.03. The number of hydrogen-bond acceptors (Lipinski definition) is 4. The van der Waals surface area contributed by atoms with Gasteiger partial charge in [-0.25, -0.2) is 8.42 Å². The molecule has 1 aliphatic rings. The summed E-state index contributed by atoms with van der Waals surface area (Å²) >= 11 is 0. The van der Waals surface area contributed by atoms with Crippen LogP contribution in [0, 0.1) is 0 Å². The minimum atomic E-state index is -3.29. The summed E-state index contributed by atoms with van der Waals surface area (Å²) in [5.41, 5.74) is 1.57. The normalized spacial score (nSPS) is 19.5. The molecule has 0 spiro atoms. The van der Waals surface area contributed by atoms with Crippen molar-refractivity contribution < 1.29 is 13.2 Å². The highest BCUT2D eigenvalue weighted by Gasteiger charge is 2.14. The van der Waals surface area contributed by atoms with Crippen molar-refractivity contribution in [3.63, 3.8) is 0 Å². The molecule has 2 heterocycles. The zero-order valence-electron chi connectivity index (χ0n) is 11.6. The molecule has 1 saturated heterocycles. The molecule has 110 valence electrons. The largest absolute Gasteiger partial charge is 0.374 e. The lowest BCUT2D eigenvalue weighted by Gasteiger charge is -2.04. The molecule has 4 nitrogen and oxygen atoms in total. The highest BCUT2D eigenvalue weighted by atomic mass is 32.2. The molecule has 0 bridgehead atoms. The zero-order valence-corrected chi connectivity index (χ0v) is 12.4. The van der Waals surface area contributed by atoms with Gasteiger partial charge < -0.3 is 4.74 Å². The van der Waals surface area contributed by atoms with E-state index in [0.717, 1.165) is 23.7 Å². The zero-order chi connectivity index (χ0) is 14.7. The fraction of sp³-hybridized carbons (Fsp3) is 0.312. The maximum atomic E-state index is 12.1. The van der Waals surface area contributed by atoms with Crippen molar-refractivity contribution in [2.45, 2.75) is 24.7 Å². The molecular formula is C16H17NO3S. The van der Waals surface area contributed by atoms with Crippen LogP contribution in [0.25, 0.3) is 10.9 Å². The Morgan fingerprint density at radius 3 is 3.00 bits per heavy atom. The van der Waals surface area contributed by atoms with Gasteiger partial charge in [-0.05, 0) is 36.6 Å². The van der Waals surface area contributed by atoms with E-state index in [1.165, 1.54) is 5.41 Å². The van der Waals surface area contributed by atoms with Crippen molar-refractivity contribution in [2.75, 3.05) is 6.61 Å². The number of pyridine rings is 1. The second kappa shape index (κ2) is 5.95. The lowest BCUT2D eigenvalue weighted by atomic mass is 10.2. The Balaban J connectivity index is 1.76. The molecule has 3 rings (SSSR count). The number of benzene rings is 1. The maximum Gasteiger partial charge on any atom is 0.175 e. The number of sulfone groups is 1. The Bertz CT molecular complexity index is 762. The van der Waals surface area contributed by atoms with Crippen LogP contribution in [-0.2, 0) is 20.3 Å². The number of rotatable bonds is 4. The van der Waals surface area contributed by atoms with Gasteiger partial charge in [0.05, 0.1) is 17.4 Å². The standard InChI is InChI=1S/C16H17NO3S/c18-21(19,9-7-15-5-3-8-20-15)12-13-10-14-4-1-2-6-16(14)17-11-13/h1-2,4,6-7,9-11,15H,3,5,8,12H2/b9-7+. The van der Waals surface area contributed by atoms with E-state index in [2.05, 4.69) is 4.98 Å². The molecule has 0 amide bonds. The molecule has 21 heavy (non-hydrogen) atoms. The van der Waals surface area contributed by atoms with E-state index in [9.17, 15) is 8.42 Å². The Morgan fingerprint density at radius 2 is 2.19 bits per heavy atom. The van der Waals surface area contributed by atoms with Gasteiger partial charge in [0.25, 0.3) is 0 Å². The first-order valence-electron chi connectivity index (χ1n) is 6.99. The van der Waals surface area contributed by atoms with Gasteiger partial charge in [-0.3, -0.25) is 4.98 Å². The molecule has 2 aromatic rings. The quantitative estimate of drug-likeness (QED) is 0.871. The molecule has 5 heteroatoms. The Morgan fingerprint density at radius 1 is 1.33 bits per heavy atom. The van der Waals surface area contributed by atoms with Crippen LogP contribution in [-0.4, -0.2) is 26.1 Å². The summed E-state index contributed by atoms with van der Waals surface area (Å²) in [6, 6.07) is 9.54. The van der Waals surface area contributed by atoms with E-state index in [-0.39, 0.29) is 11.9 Å². The first-order valence-corrected chi connectivity index (χ1v) is 8.70. The van der Waals surface area contributed by atoms with E-state index < -0.39 is 9.84 Å². The van der Waals surface area contributed by atoms with Crippen molar-refractivity contribution in [1.82, 2.24) is 4.98 Å². The molecule has 1 aliphatic heterocycles. The Hall–Kier alpha value is -1.72. The van der Waals surface area contributed by atoms with Crippen LogP contribution in [0.2, 0.25) is 0 Å². The Labute approximate surface area is 124 Å². The van der Waals surface area contributed by atoms with Crippen molar-refractivity contribution in [1.29, 1.82) is 0 Å². The molecule has 1 fully saturated rings. The minimum absolute atomic E-state index is 0.0337. The lowest BCUT2D eigenvalue weighted by Crippen LogP contribution is -2.04. The van der Waals surface area contributed by atoms with E-state index in [4.69, 9.17) is 4.74 Å². The van der Waals surface area contributed by atoms with Crippen molar-refractivity contribution in [3.05, 3.63) is 53.6 Å². The van der Waals surface area contributed by atoms with Crippen LogP contribution in [0.15, 0.2) is 48.0 Å². The minimum Gasteiger partial charge on any atom is -0.374 e. The van der Waals surface area contributed by atoms with Crippen LogP contribution in [0.5, 0.6) is 0 Å². The van der Waals surface area contributed by atoms with Gasteiger partial charge in [0, 0.05) is 23.6 Å². The summed E-state index contributed by atoms with van der Waals surface area (Å²) < 4.78 is 29.6. The first kappa shape index (κ1) is 14.2. The summed E-state index contributed by atoms with van der Waals surface area (Å²) in [7, 11) is -3.29. The maximum absolute atomic E-state index is 12.1. The summed E-state index contributed by atoms with van der Waals surface area (Å²) in [6.45, 7) is 0.712. The average molecular weight is 303 g/mol. The predicted octanol–water partition coefficient (Wildman–Crippen LogP) is 2.84. The van der Waals surface area contributed by atoms with Gasteiger partial charge in [-0.15, -0.1) is 0 Å². The molecule has 1 aromatic heterocycles. The van der Waals surface area contributed by atoms with Crippen LogP contribution in [0.3, 0.4) is 0 Å². The molecule has 1 unspecified atom stereocenters. The van der Waals surface area contributed by atoms with Gasteiger partial charge in [-0.2, -0.15) is 0 Å². The monoisotopic (exact) mass is 303 g/mol. The lowest BCUT2D eigenvalue weighted by molar-refractivity contribution is 0.145. The SMILES string of the molecule is O=S(=O)(/C=C/C1CCCO1)Cc1cnc2ccccc2c1. The summed E-state index contributed by atoms with van der Waals surface area (Å²) in [4.78, 5) is 4.29. The summed E-state index contributed by atoms with van der Waals surface area (Å²) in [5, 5.41) is 2.23. The van der Waals surface area contributed by atoms with E-state index in [1.54, 1.807) is 12.3 Å². The fourth-order valence-electron chi connectivity index (χ4n) is 2.44. The third-order valence-corrected chi connectivity index (χ3v) is 4.79. The molecule has 0 radical (unpaired) electrons. The van der Waals surface area contributed by atoms with Crippen molar-refractivity contribution in [3.8, 4) is 0 Å². The smallest absolute Gasteiger partial charge is 0.175 e. The topological polar surface area (TPSA) is 56.3 Å². The number of hydrogen-bond donors (Lipinski definition) is 0. The van der Waals surface area contributed by atoms with E-state index in [1.807, 2.05) is 30.3 Å². The molecular weight excluding hydrogens is 286 g/mol. The van der Waals surface area contributed by atoms with Crippen LogP contribution in [0.1, 0.15) is 18.4 Å². The third-order valence-electron chi connectivity index (χ3n) is 3.48. The molecule has 1 atom stereocenters. The summed E-state index contributed by atoms with van der Waals surface area (Å²) in [5.74, 6) is -0.0337. The van der Waals surface area contributed by atoms with Crippen molar-refractivity contribution >= 4 is 20.7 Å². The first-order chi connectivity index (χ1) is 10.1. The molecule has 0 N–H and O–H groups in total. The molecule has 0 saturated carbocycles. The molecule has 1 aromatic carbocycles. The average Bonchev–Trinajstić information content (AvgIpc) is 2.98. The van der Waals surface area contributed by atoms with Gasteiger partial charge >= 0.3 is 0 Å². The fourth-order valence-corrected chi connectivity index (χ4v) is 3.57. The predicted molar refractivity (Wildman–Crippen MR) is 82.5 cm³/mol. The van der Waals surface area contributed by atoms with Crippen molar-refractivity contribution in [2.24, 2.45) is 0 Å². The number of para-hydroxylation sites is 1. The summed E-state index contributed by atoms with van der Waals surface area (Å²) in [6.07, 6.45) is 5.10. The second-order valence-corrected chi connectivity index (χ2v) is 7.11. The number of fused-ring (bicyclic) bond motifs is 1. The second-order valence-electron chi connectivity index (χ2n) is 5.22. The number of aromatic nitrogens is 1. The van der Waals surface area contributed by atoms with Crippen LogP contribution in [0.4, 0.5) is 0 Å². The van der Waals surface area contributed by atoms with Crippen LogP contribution < -0.4 is 0 Å². The van der Waals surface area contributed by atoms with E-state index in [0.29, 0.717) is 12.2 Å². The van der Waals surface area contributed by atoms with Gasteiger partial charge in [0.15, 0.2) is 9.84 Å². The highest BCUT2D eigenvalue weighted by Crippen LogP contribution is 2.17. The van der Waals surface area contributed by atoms with Gasteiger partial charge in [-0.1, -0.05) is 18.2 Å². The number of ether oxygens (including phenoxy) is 1. The molecule has 0 aliphatic carbocycles. The number of nitrogens with zero attached hydrogens (tertiary/aromatic N) is 1.